The molecular formula is C18H28N4O. The Morgan fingerprint density at radius 2 is 2.13 bits per heavy atom. The van der Waals surface area contributed by atoms with E-state index in [1.807, 2.05) is 0 Å². The molecule has 5 nitrogen and oxygen atoms in total. The van der Waals surface area contributed by atoms with Crippen molar-refractivity contribution in [3.05, 3.63) is 12.4 Å². The van der Waals surface area contributed by atoms with Gasteiger partial charge in [-0.25, -0.2) is 9.97 Å². The topological polar surface area (TPSA) is 50.3 Å². The molecule has 3 aliphatic rings. The van der Waals surface area contributed by atoms with E-state index in [0.717, 1.165) is 56.0 Å². The van der Waals surface area contributed by atoms with Crippen molar-refractivity contribution in [1.82, 2.24) is 9.97 Å². The number of hydrogen-bond acceptors (Lipinski definition) is 5. The second-order valence-electron chi connectivity index (χ2n) is 7.57. The van der Waals surface area contributed by atoms with E-state index in [-0.39, 0.29) is 0 Å². The van der Waals surface area contributed by atoms with Crippen molar-refractivity contribution < 1.29 is 4.74 Å². The number of piperidine rings is 1. The Kier molecular flexibility index (Phi) is 4.38. The van der Waals surface area contributed by atoms with E-state index in [2.05, 4.69) is 33.2 Å². The Morgan fingerprint density at radius 1 is 1.22 bits per heavy atom. The summed E-state index contributed by atoms with van der Waals surface area (Å²) in [6.07, 6.45) is 9.65. The molecule has 3 fully saturated rings. The highest BCUT2D eigenvalue weighted by atomic mass is 16.5. The summed E-state index contributed by atoms with van der Waals surface area (Å²) >= 11 is 0. The summed E-state index contributed by atoms with van der Waals surface area (Å²) in [6.45, 7) is 5.42. The van der Waals surface area contributed by atoms with Gasteiger partial charge in [-0.2, -0.15) is 0 Å². The lowest BCUT2D eigenvalue weighted by molar-refractivity contribution is -0.00223. The van der Waals surface area contributed by atoms with E-state index in [0.29, 0.717) is 12.1 Å². The fourth-order valence-electron chi connectivity index (χ4n) is 3.96. The molecule has 1 aromatic heterocycles. The molecule has 0 radical (unpaired) electrons. The quantitative estimate of drug-likeness (QED) is 0.925. The number of rotatable bonds is 4. The van der Waals surface area contributed by atoms with Crippen molar-refractivity contribution in [1.29, 1.82) is 0 Å². The molecule has 23 heavy (non-hydrogen) atoms. The average molecular weight is 316 g/mol. The van der Waals surface area contributed by atoms with Crippen LogP contribution in [0.2, 0.25) is 0 Å². The lowest BCUT2D eigenvalue weighted by atomic mass is 10.00. The van der Waals surface area contributed by atoms with Gasteiger partial charge in [0.25, 0.3) is 0 Å². The molecular weight excluding hydrogens is 288 g/mol. The molecule has 0 spiro atoms. The van der Waals surface area contributed by atoms with E-state index < -0.39 is 0 Å². The van der Waals surface area contributed by atoms with Crippen molar-refractivity contribution in [2.75, 3.05) is 29.9 Å². The van der Waals surface area contributed by atoms with Crippen LogP contribution in [0.3, 0.4) is 0 Å². The van der Waals surface area contributed by atoms with Gasteiger partial charge >= 0.3 is 0 Å². The Bertz CT molecular complexity index is 534. The first-order valence-corrected chi connectivity index (χ1v) is 9.23. The summed E-state index contributed by atoms with van der Waals surface area (Å²) in [4.78, 5) is 11.3. The van der Waals surface area contributed by atoms with Crippen LogP contribution in [0.25, 0.3) is 0 Å². The number of nitrogens with zero attached hydrogens (tertiary/aromatic N) is 3. The molecule has 0 bridgehead atoms. The van der Waals surface area contributed by atoms with Gasteiger partial charge in [-0.05, 0) is 50.4 Å². The predicted octanol–water partition coefficient (Wildman–Crippen LogP) is 3.08. The molecule has 2 aliphatic heterocycles. The third-order valence-electron chi connectivity index (χ3n) is 5.45. The monoisotopic (exact) mass is 316 g/mol. The Labute approximate surface area is 138 Å². The van der Waals surface area contributed by atoms with Crippen LogP contribution in [-0.2, 0) is 4.74 Å². The summed E-state index contributed by atoms with van der Waals surface area (Å²) in [5.41, 5.74) is 0. The minimum atomic E-state index is 0.463. The van der Waals surface area contributed by atoms with Gasteiger partial charge in [0, 0.05) is 31.8 Å². The lowest BCUT2D eigenvalue weighted by Crippen LogP contribution is -2.36. The molecule has 1 aliphatic carbocycles. The van der Waals surface area contributed by atoms with Crippen LogP contribution >= 0.6 is 0 Å². The van der Waals surface area contributed by atoms with Crippen molar-refractivity contribution in [2.45, 2.75) is 57.6 Å². The minimum absolute atomic E-state index is 0.463. The minimum Gasteiger partial charge on any atom is -0.378 e. The van der Waals surface area contributed by atoms with E-state index >= 15 is 0 Å². The average Bonchev–Trinajstić information content (AvgIpc) is 3.40. The Hall–Kier alpha value is -1.36. The second-order valence-corrected chi connectivity index (χ2v) is 7.57. The van der Waals surface area contributed by atoms with Gasteiger partial charge in [0.05, 0.1) is 6.10 Å². The molecule has 0 amide bonds. The van der Waals surface area contributed by atoms with Crippen molar-refractivity contribution >= 4 is 11.6 Å². The summed E-state index contributed by atoms with van der Waals surface area (Å²) in [6, 6.07) is 2.61. The first-order chi connectivity index (χ1) is 11.3. The molecule has 2 saturated heterocycles. The van der Waals surface area contributed by atoms with Gasteiger partial charge in [-0.15, -0.1) is 0 Å². The Balaban J connectivity index is 1.39. The van der Waals surface area contributed by atoms with E-state index in [1.54, 1.807) is 6.33 Å². The van der Waals surface area contributed by atoms with E-state index in [9.17, 15) is 0 Å². The Morgan fingerprint density at radius 3 is 2.96 bits per heavy atom. The normalized spacial score (nSPS) is 31.9. The highest BCUT2D eigenvalue weighted by molar-refractivity contribution is 5.49. The van der Waals surface area contributed by atoms with E-state index in [4.69, 9.17) is 4.74 Å². The van der Waals surface area contributed by atoms with Crippen LogP contribution in [-0.4, -0.2) is 41.8 Å². The first kappa shape index (κ1) is 15.2. The fraction of sp³-hybridized carbons (Fsp3) is 0.778. The second kappa shape index (κ2) is 6.63. The molecule has 126 valence electrons. The summed E-state index contributed by atoms with van der Waals surface area (Å²) in [5, 5.41) is 3.63. The van der Waals surface area contributed by atoms with Crippen molar-refractivity contribution in [2.24, 2.45) is 11.8 Å². The molecule has 1 aromatic rings. The largest absolute Gasteiger partial charge is 0.378 e. The van der Waals surface area contributed by atoms with Gasteiger partial charge in [0.2, 0.25) is 0 Å². The number of hydrogen-bond donors (Lipinski definition) is 1. The SMILES string of the molecule is CC1CCCN(c2cc(NC3CCOC(C4CC4)C3)ncn2)C1. The summed E-state index contributed by atoms with van der Waals surface area (Å²) in [5.74, 6) is 3.61. The van der Waals surface area contributed by atoms with Gasteiger partial charge < -0.3 is 15.0 Å². The van der Waals surface area contributed by atoms with Gasteiger partial charge in [-0.1, -0.05) is 6.92 Å². The van der Waals surface area contributed by atoms with Crippen molar-refractivity contribution in [3.8, 4) is 0 Å². The van der Waals surface area contributed by atoms with Crippen LogP contribution in [0.15, 0.2) is 12.4 Å². The zero-order valence-corrected chi connectivity index (χ0v) is 14.1. The maximum Gasteiger partial charge on any atom is 0.134 e. The van der Waals surface area contributed by atoms with Gasteiger partial charge in [-0.3, -0.25) is 0 Å². The molecule has 3 heterocycles. The maximum atomic E-state index is 5.92. The van der Waals surface area contributed by atoms with Crippen LogP contribution in [0.4, 0.5) is 11.6 Å². The van der Waals surface area contributed by atoms with Gasteiger partial charge in [0.1, 0.15) is 18.0 Å². The lowest BCUT2D eigenvalue weighted by Gasteiger charge is -2.32. The van der Waals surface area contributed by atoms with Gasteiger partial charge in [0.15, 0.2) is 0 Å². The molecule has 3 atom stereocenters. The first-order valence-electron chi connectivity index (χ1n) is 9.23. The predicted molar refractivity (Wildman–Crippen MR) is 91.8 cm³/mol. The van der Waals surface area contributed by atoms with E-state index in [1.165, 1.54) is 25.7 Å². The molecule has 1 N–H and O–H groups in total. The smallest absolute Gasteiger partial charge is 0.134 e. The molecule has 5 heteroatoms. The maximum absolute atomic E-state index is 5.92. The molecule has 0 aromatic carbocycles. The highest BCUT2D eigenvalue weighted by Crippen LogP contribution is 2.38. The van der Waals surface area contributed by atoms with Crippen LogP contribution in [0.1, 0.15) is 45.4 Å². The summed E-state index contributed by atoms with van der Waals surface area (Å²) < 4.78 is 5.92. The number of aromatic nitrogens is 2. The zero-order chi connectivity index (χ0) is 15.6. The van der Waals surface area contributed by atoms with Crippen molar-refractivity contribution in [3.63, 3.8) is 0 Å². The third-order valence-corrected chi connectivity index (χ3v) is 5.45. The standard InChI is InChI=1S/C18H28N4O/c1-13-3-2-7-22(11-13)18-10-17(19-12-20-18)21-15-6-8-23-16(9-15)14-4-5-14/h10,12-16H,2-9,11H2,1H3,(H,19,20,21). The zero-order valence-electron chi connectivity index (χ0n) is 14.1. The summed E-state index contributed by atoms with van der Waals surface area (Å²) in [7, 11) is 0. The third kappa shape index (κ3) is 3.77. The number of anilines is 2. The van der Waals surface area contributed by atoms with Crippen LogP contribution in [0, 0.1) is 11.8 Å². The van der Waals surface area contributed by atoms with Crippen LogP contribution in [0.5, 0.6) is 0 Å². The number of ether oxygens (including phenoxy) is 1. The molecule has 4 rings (SSSR count). The highest BCUT2D eigenvalue weighted by Gasteiger charge is 2.35. The fourth-order valence-corrected chi connectivity index (χ4v) is 3.96. The molecule has 1 saturated carbocycles. The van der Waals surface area contributed by atoms with Crippen LogP contribution < -0.4 is 10.2 Å². The number of nitrogens with one attached hydrogen (secondary N) is 1. The molecule has 3 unspecified atom stereocenters.